The molecule has 0 unspecified atom stereocenters. The molecule has 0 aliphatic heterocycles. The molecule has 0 radical (unpaired) electrons. The van der Waals surface area contributed by atoms with Gasteiger partial charge < -0.3 is 5.32 Å². The zero-order chi connectivity index (χ0) is 18.6. The van der Waals surface area contributed by atoms with E-state index < -0.39 is 10.0 Å². The molecular formula is C17H18Cl2N2O3S. The molecule has 0 saturated carbocycles. The number of halogens is 2. The number of carbonyl (C=O) groups excluding carboxylic acids is 1. The van der Waals surface area contributed by atoms with Gasteiger partial charge in [-0.25, -0.2) is 8.42 Å². The van der Waals surface area contributed by atoms with E-state index >= 15 is 0 Å². The summed E-state index contributed by atoms with van der Waals surface area (Å²) in [6.45, 7) is 3.32. The molecule has 0 spiro atoms. The monoisotopic (exact) mass is 400 g/mol. The van der Waals surface area contributed by atoms with E-state index in [1.807, 2.05) is 0 Å². The highest BCUT2D eigenvalue weighted by Gasteiger charge is 2.13. The van der Waals surface area contributed by atoms with E-state index in [4.69, 9.17) is 23.2 Å². The van der Waals surface area contributed by atoms with Crippen LogP contribution in [0.2, 0.25) is 10.0 Å². The molecule has 0 atom stereocenters. The van der Waals surface area contributed by atoms with Crippen LogP contribution >= 0.6 is 23.2 Å². The minimum atomic E-state index is -3.35. The second-order valence-electron chi connectivity index (χ2n) is 5.46. The molecule has 0 heterocycles. The van der Waals surface area contributed by atoms with E-state index in [1.54, 1.807) is 50.2 Å². The zero-order valence-electron chi connectivity index (χ0n) is 13.8. The lowest BCUT2D eigenvalue weighted by Crippen LogP contribution is -2.17. The van der Waals surface area contributed by atoms with Gasteiger partial charge in [0.25, 0.3) is 0 Å². The molecule has 8 heteroatoms. The first kappa shape index (κ1) is 19.6. The molecular weight excluding hydrogens is 383 g/mol. The molecule has 0 aliphatic carbocycles. The van der Waals surface area contributed by atoms with Gasteiger partial charge in [0.05, 0.1) is 17.9 Å². The Kier molecular flexibility index (Phi) is 6.32. The maximum Gasteiger partial charge on any atom is 0.232 e. The number of hydrogen-bond acceptors (Lipinski definition) is 3. The zero-order valence-corrected chi connectivity index (χ0v) is 16.1. The Balaban J connectivity index is 2.10. The van der Waals surface area contributed by atoms with Crippen LogP contribution in [0, 0.1) is 6.92 Å². The number of aryl methyl sites for hydroxylation is 1. The molecule has 2 rings (SSSR count). The Bertz CT molecular complexity index is 879. The third-order valence-corrected chi connectivity index (χ3v) is 5.55. The van der Waals surface area contributed by atoms with Gasteiger partial charge in [-0.2, -0.15) is 0 Å². The Morgan fingerprint density at radius 1 is 1.12 bits per heavy atom. The van der Waals surface area contributed by atoms with Gasteiger partial charge in [0.1, 0.15) is 0 Å². The second-order valence-corrected chi connectivity index (χ2v) is 8.29. The van der Waals surface area contributed by atoms with Gasteiger partial charge in [0.2, 0.25) is 15.9 Å². The topological polar surface area (TPSA) is 75.3 Å². The standard InChI is InChI=1S/C17H18Cl2N2O3S/c1-3-25(23,24)21-16-8-7-12(9-11(16)2)20-17(22)10-13-14(18)5-4-6-15(13)19/h4-9,21H,3,10H2,1-2H3,(H,20,22). The minimum Gasteiger partial charge on any atom is -0.326 e. The highest BCUT2D eigenvalue weighted by Crippen LogP contribution is 2.25. The van der Waals surface area contributed by atoms with Gasteiger partial charge >= 0.3 is 0 Å². The molecule has 0 aromatic heterocycles. The van der Waals surface area contributed by atoms with Crippen molar-refractivity contribution in [2.75, 3.05) is 15.8 Å². The predicted molar refractivity (Wildman–Crippen MR) is 103 cm³/mol. The summed E-state index contributed by atoms with van der Waals surface area (Å²) >= 11 is 12.1. The van der Waals surface area contributed by atoms with Crippen LogP contribution < -0.4 is 10.0 Å². The molecule has 0 fully saturated rings. The molecule has 0 saturated heterocycles. The van der Waals surface area contributed by atoms with Gasteiger partial charge in [-0.05, 0) is 55.3 Å². The Hall–Kier alpha value is -1.76. The van der Waals surface area contributed by atoms with Crippen molar-refractivity contribution in [3.05, 3.63) is 57.6 Å². The highest BCUT2D eigenvalue weighted by molar-refractivity contribution is 7.92. The maximum atomic E-state index is 12.2. The van der Waals surface area contributed by atoms with Gasteiger partial charge in [-0.3, -0.25) is 9.52 Å². The third-order valence-electron chi connectivity index (χ3n) is 3.55. The number of anilines is 2. The SMILES string of the molecule is CCS(=O)(=O)Nc1ccc(NC(=O)Cc2c(Cl)cccc2Cl)cc1C. The Labute approximate surface area is 157 Å². The van der Waals surface area contributed by atoms with Crippen LogP contribution in [0.15, 0.2) is 36.4 Å². The largest absolute Gasteiger partial charge is 0.326 e. The van der Waals surface area contributed by atoms with Gasteiger partial charge in [0.15, 0.2) is 0 Å². The Morgan fingerprint density at radius 2 is 1.76 bits per heavy atom. The number of carbonyl (C=O) groups is 1. The summed E-state index contributed by atoms with van der Waals surface area (Å²) in [5, 5.41) is 3.62. The van der Waals surface area contributed by atoms with Crippen LogP contribution in [-0.2, 0) is 21.2 Å². The second kappa shape index (κ2) is 8.08. The van der Waals surface area contributed by atoms with Gasteiger partial charge in [-0.15, -0.1) is 0 Å². The average molecular weight is 401 g/mol. The summed E-state index contributed by atoms with van der Waals surface area (Å²) < 4.78 is 25.8. The Morgan fingerprint density at radius 3 is 2.32 bits per heavy atom. The number of sulfonamides is 1. The van der Waals surface area contributed by atoms with Crippen LogP contribution in [0.5, 0.6) is 0 Å². The van der Waals surface area contributed by atoms with Crippen molar-refractivity contribution in [2.24, 2.45) is 0 Å². The van der Waals surface area contributed by atoms with Crippen LogP contribution in [0.25, 0.3) is 0 Å². The average Bonchev–Trinajstić information content (AvgIpc) is 2.54. The number of rotatable bonds is 6. The molecule has 0 bridgehead atoms. The van der Waals surface area contributed by atoms with E-state index in [0.717, 1.165) is 0 Å². The fourth-order valence-electron chi connectivity index (χ4n) is 2.16. The summed E-state index contributed by atoms with van der Waals surface area (Å²) in [6.07, 6.45) is 0.0434. The molecule has 25 heavy (non-hydrogen) atoms. The number of hydrogen-bond donors (Lipinski definition) is 2. The lowest BCUT2D eigenvalue weighted by atomic mass is 10.1. The van der Waals surface area contributed by atoms with Crippen molar-refractivity contribution in [3.8, 4) is 0 Å². The lowest BCUT2D eigenvalue weighted by Gasteiger charge is -2.12. The van der Waals surface area contributed by atoms with E-state index in [-0.39, 0.29) is 18.1 Å². The summed E-state index contributed by atoms with van der Waals surface area (Å²) in [4.78, 5) is 12.2. The van der Waals surface area contributed by atoms with Crippen LogP contribution in [0.1, 0.15) is 18.1 Å². The molecule has 5 nitrogen and oxygen atoms in total. The predicted octanol–water partition coefficient (Wildman–Crippen LogP) is 4.24. The highest BCUT2D eigenvalue weighted by atomic mass is 35.5. The smallest absolute Gasteiger partial charge is 0.232 e. The van der Waals surface area contributed by atoms with Crippen molar-refractivity contribution < 1.29 is 13.2 Å². The van der Waals surface area contributed by atoms with Crippen molar-refractivity contribution in [1.82, 2.24) is 0 Å². The fraction of sp³-hybridized carbons (Fsp3) is 0.235. The first-order chi connectivity index (χ1) is 11.7. The summed E-state index contributed by atoms with van der Waals surface area (Å²) in [6, 6.07) is 10.0. The number of amides is 1. The van der Waals surface area contributed by atoms with Crippen molar-refractivity contribution >= 4 is 50.5 Å². The van der Waals surface area contributed by atoms with Crippen molar-refractivity contribution in [2.45, 2.75) is 20.3 Å². The van der Waals surface area contributed by atoms with E-state index in [9.17, 15) is 13.2 Å². The van der Waals surface area contributed by atoms with Crippen LogP contribution in [0.4, 0.5) is 11.4 Å². The summed E-state index contributed by atoms with van der Waals surface area (Å²) in [7, 11) is -3.35. The van der Waals surface area contributed by atoms with Crippen LogP contribution in [-0.4, -0.2) is 20.1 Å². The molecule has 1 amide bonds. The normalized spacial score (nSPS) is 11.2. The lowest BCUT2D eigenvalue weighted by molar-refractivity contribution is -0.115. The van der Waals surface area contributed by atoms with Gasteiger partial charge in [-0.1, -0.05) is 29.3 Å². The maximum absolute atomic E-state index is 12.2. The third kappa shape index (κ3) is 5.36. The number of nitrogens with one attached hydrogen (secondary N) is 2. The molecule has 2 aromatic carbocycles. The summed E-state index contributed by atoms with van der Waals surface area (Å²) in [5.41, 5.74) is 2.30. The fourth-order valence-corrected chi connectivity index (χ4v) is 3.40. The van der Waals surface area contributed by atoms with Crippen molar-refractivity contribution in [1.29, 1.82) is 0 Å². The first-order valence-electron chi connectivity index (χ1n) is 7.55. The quantitative estimate of drug-likeness (QED) is 0.760. The van der Waals surface area contributed by atoms with Crippen LogP contribution in [0.3, 0.4) is 0 Å². The molecule has 134 valence electrons. The first-order valence-corrected chi connectivity index (χ1v) is 9.96. The molecule has 2 aromatic rings. The summed E-state index contributed by atoms with van der Waals surface area (Å²) in [5.74, 6) is -0.278. The van der Waals surface area contributed by atoms with Gasteiger partial charge in [0, 0.05) is 15.7 Å². The minimum absolute atomic E-state index is 0.0104. The molecule has 0 aliphatic rings. The van der Waals surface area contributed by atoms with Crippen molar-refractivity contribution in [3.63, 3.8) is 0 Å². The number of benzene rings is 2. The molecule has 2 N–H and O–H groups in total. The van der Waals surface area contributed by atoms with E-state index in [2.05, 4.69) is 10.0 Å². The van der Waals surface area contributed by atoms with E-state index in [0.29, 0.717) is 32.5 Å². The van der Waals surface area contributed by atoms with E-state index in [1.165, 1.54) is 0 Å².